The van der Waals surface area contributed by atoms with Gasteiger partial charge in [-0.3, -0.25) is 0 Å². The number of hydrogen-bond donors (Lipinski definition) is 1. The molecular formula is C11H5ClF11NOS. The Morgan fingerprint density at radius 3 is 1.73 bits per heavy atom. The number of rotatable bonds is 4. The minimum atomic E-state index is -7.04. The summed E-state index contributed by atoms with van der Waals surface area (Å²) in [5, 5.41) is -1.28. The highest BCUT2D eigenvalue weighted by Crippen LogP contribution is 2.58. The average Bonchev–Trinajstić information content (AvgIpc) is 2.45. The number of hydrogen-bond acceptors (Lipinski definition) is 2. The van der Waals surface area contributed by atoms with Gasteiger partial charge in [0.05, 0.1) is 15.6 Å². The van der Waals surface area contributed by atoms with Crippen molar-refractivity contribution >= 4 is 28.1 Å². The lowest BCUT2D eigenvalue weighted by molar-refractivity contribution is -0.389. The Morgan fingerprint density at radius 2 is 1.38 bits per heavy atom. The van der Waals surface area contributed by atoms with E-state index in [-0.39, 0.29) is 6.07 Å². The van der Waals surface area contributed by atoms with Crippen LogP contribution in [0.15, 0.2) is 17.0 Å². The van der Waals surface area contributed by atoms with Crippen molar-refractivity contribution in [2.45, 2.75) is 34.6 Å². The summed E-state index contributed by atoms with van der Waals surface area (Å²) in [5.41, 5.74) is -4.95. The molecule has 0 bridgehead atoms. The predicted molar refractivity (Wildman–Crippen MR) is 68.1 cm³/mol. The molecule has 0 aromatic heterocycles. The Kier molecular flexibility index (Phi) is 5.85. The molecule has 2 unspecified atom stereocenters. The highest BCUT2D eigenvalue weighted by Gasteiger charge is 2.81. The fraction of sp³-hybridized carbons (Fsp3) is 0.455. The van der Waals surface area contributed by atoms with E-state index < -0.39 is 67.7 Å². The highest BCUT2D eigenvalue weighted by atomic mass is 35.5. The average molecular weight is 444 g/mol. The Morgan fingerprint density at radius 1 is 0.923 bits per heavy atom. The molecule has 0 aliphatic carbocycles. The maximum absolute atomic E-state index is 14.3. The van der Waals surface area contributed by atoms with Gasteiger partial charge in [-0.1, -0.05) is 11.6 Å². The molecule has 15 heteroatoms. The number of alkyl halides is 11. The van der Waals surface area contributed by atoms with Crippen molar-refractivity contribution in [3.8, 4) is 0 Å². The van der Waals surface area contributed by atoms with Gasteiger partial charge >= 0.3 is 29.7 Å². The molecule has 1 aromatic rings. The second-order valence-corrected chi connectivity index (χ2v) is 6.45. The maximum atomic E-state index is 14.3. The molecule has 0 radical (unpaired) electrons. The van der Waals surface area contributed by atoms with Crippen LogP contribution in [-0.4, -0.2) is 28.2 Å². The third-order valence-electron chi connectivity index (χ3n) is 3.05. The summed E-state index contributed by atoms with van der Waals surface area (Å²) in [4.78, 5) is -1.54. The van der Waals surface area contributed by atoms with Gasteiger partial charge in [0.2, 0.25) is 0 Å². The monoisotopic (exact) mass is 443 g/mol. The molecule has 0 saturated carbocycles. The fourth-order valence-corrected chi connectivity index (χ4v) is 2.81. The number of anilines is 1. The molecule has 2 atom stereocenters. The zero-order valence-electron chi connectivity index (χ0n) is 11.7. The van der Waals surface area contributed by atoms with E-state index >= 15 is 0 Å². The Balaban J connectivity index is 3.90. The Labute approximate surface area is 144 Å². The van der Waals surface area contributed by atoms with Crippen molar-refractivity contribution in [1.82, 2.24) is 0 Å². The van der Waals surface area contributed by atoms with Crippen molar-refractivity contribution in [3.05, 3.63) is 22.7 Å². The second-order valence-electron chi connectivity index (χ2n) is 4.66. The number of nitrogens with two attached hydrogens (primary N) is 1. The molecule has 0 amide bonds. The normalized spacial score (nSPS) is 17.3. The van der Waals surface area contributed by atoms with Gasteiger partial charge in [0, 0.05) is 5.56 Å². The van der Waals surface area contributed by atoms with Crippen LogP contribution in [-0.2, 0) is 16.5 Å². The van der Waals surface area contributed by atoms with Crippen molar-refractivity contribution in [2.75, 3.05) is 5.73 Å². The summed E-state index contributed by atoms with van der Waals surface area (Å²) in [6.45, 7) is 0. The van der Waals surface area contributed by atoms with Crippen LogP contribution in [0.25, 0.3) is 0 Å². The summed E-state index contributed by atoms with van der Waals surface area (Å²) in [7, 11) is -3.58. The molecule has 150 valence electrons. The van der Waals surface area contributed by atoms with Crippen molar-refractivity contribution < 1.29 is 52.5 Å². The second kappa shape index (κ2) is 6.69. The molecule has 0 aliphatic rings. The molecule has 0 fully saturated rings. The molecule has 2 nitrogen and oxygen atoms in total. The number of halogens is 12. The van der Waals surface area contributed by atoms with Gasteiger partial charge in [0.1, 0.15) is 10.8 Å². The van der Waals surface area contributed by atoms with Gasteiger partial charge < -0.3 is 5.73 Å². The van der Waals surface area contributed by atoms with Crippen molar-refractivity contribution in [2.24, 2.45) is 0 Å². The zero-order valence-corrected chi connectivity index (χ0v) is 13.2. The van der Waals surface area contributed by atoms with E-state index in [2.05, 4.69) is 0 Å². The van der Waals surface area contributed by atoms with Crippen LogP contribution in [0.1, 0.15) is 5.56 Å². The predicted octanol–water partition coefficient (Wildman–Crippen LogP) is 5.18. The van der Waals surface area contributed by atoms with Gasteiger partial charge in [-0.05, 0) is 12.1 Å². The first-order valence-electron chi connectivity index (χ1n) is 5.88. The lowest BCUT2D eigenvalue weighted by Gasteiger charge is -2.36. The number of benzene rings is 1. The minimum Gasteiger partial charge on any atom is -0.397 e. The summed E-state index contributed by atoms with van der Waals surface area (Å²) in [5.74, 6) is -10.9. The maximum Gasteiger partial charge on any atom is 0.457 e. The van der Waals surface area contributed by atoms with Gasteiger partial charge in [-0.15, -0.1) is 0 Å². The number of nitrogen functional groups attached to an aromatic ring is 1. The minimum absolute atomic E-state index is 0.337. The molecular weight excluding hydrogens is 439 g/mol. The van der Waals surface area contributed by atoms with E-state index in [1.165, 1.54) is 0 Å². The molecule has 1 rings (SSSR count). The van der Waals surface area contributed by atoms with Crippen molar-refractivity contribution in [3.63, 3.8) is 0 Å². The van der Waals surface area contributed by atoms with E-state index in [1.807, 2.05) is 0 Å². The van der Waals surface area contributed by atoms with E-state index in [4.69, 9.17) is 17.3 Å². The van der Waals surface area contributed by atoms with E-state index in [1.54, 1.807) is 0 Å². The Hall–Kier alpha value is -1.31. The first-order chi connectivity index (χ1) is 11.4. The lowest BCUT2D eigenvalue weighted by Crippen LogP contribution is -2.59. The van der Waals surface area contributed by atoms with Crippen LogP contribution in [0.2, 0.25) is 5.02 Å². The summed E-state index contributed by atoms with van der Waals surface area (Å²) in [6, 6.07) is -0.854. The summed E-state index contributed by atoms with van der Waals surface area (Å²) < 4.78 is 153. The molecule has 0 saturated heterocycles. The zero-order chi connectivity index (χ0) is 20.9. The standard InChI is InChI=1S/C11H5ClF11NOS/c12-4-1-3(2-5(6(4)24)26(25)7(13)14)8(15,10(18,19)20)9(16,17)11(21,22)23/h1-2,7H,24H2. The largest absolute Gasteiger partial charge is 0.457 e. The topological polar surface area (TPSA) is 43.1 Å². The van der Waals surface area contributed by atoms with Crippen molar-refractivity contribution in [1.29, 1.82) is 0 Å². The third kappa shape index (κ3) is 3.44. The van der Waals surface area contributed by atoms with Crippen LogP contribution in [0.5, 0.6) is 0 Å². The molecule has 1 aromatic carbocycles. The smallest absolute Gasteiger partial charge is 0.397 e. The van der Waals surface area contributed by atoms with Crippen LogP contribution in [0, 0.1) is 0 Å². The molecule has 0 heterocycles. The first-order valence-corrected chi connectivity index (χ1v) is 7.47. The first kappa shape index (κ1) is 22.7. The Bertz CT molecular complexity index is 717. The molecule has 0 spiro atoms. The van der Waals surface area contributed by atoms with Crippen LogP contribution >= 0.6 is 11.6 Å². The van der Waals surface area contributed by atoms with E-state index in [0.29, 0.717) is 0 Å². The van der Waals surface area contributed by atoms with Gasteiger partial charge in [0.25, 0.3) is 0 Å². The third-order valence-corrected chi connectivity index (χ3v) is 4.45. The summed E-state index contributed by atoms with van der Waals surface area (Å²) >= 11 is 5.22. The van der Waals surface area contributed by atoms with E-state index in [0.717, 1.165) is 0 Å². The fourth-order valence-electron chi connectivity index (χ4n) is 1.77. The lowest BCUT2D eigenvalue weighted by atomic mass is 9.87. The summed E-state index contributed by atoms with van der Waals surface area (Å²) in [6.07, 6.45) is -13.9. The van der Waals surface area contributed by atoms with E-state index in [9.17, 15) is 52.5 Å². The highest BCUT2D eigenvalue weighted by molar-refractivity contribution is 7.85. The molecule has 2 N–H and O–H groups in total. The SMILES string of the molecule is Nc1c(Cl)cc(C(F)(C(F)(F)F)C(F)(F)C(F)(F)F)cc1S(=O)C(F)F. The van der Waals surface area contributed by atoms with Crippen LogP contribution < -0.4 is 5.73 Å². The van der Waals surface area contributed by atoms with Crippen LogP contribution in [0.3, 0.4) is 0 Å². The molecule has 0 aliphatic heterocycles. The molecule has 26 heavy (non-hydrogen) atoms. The van der Waals surface area contributed by atoms with Gasteiger partial charge in [-0.25, -0.2) is 8.60 Å². The quantitative estimate of drug-likeness (QED) is 0.515. The van der Waals surface area contributed by atoms with Crippen LogP contribution in [0.4, 0.5) is 54.0 Å². The van der Waals surface area contributed by atoms with Gasteiger partial charge in [0.15, 0.2) is 0 Å². The van der Waals surface area contributed by atoms with Gasteiger partial charge in [-0.2, -0.15) is 43.9 Å².